The van der Waals surface area contributed by atoms with Crippen molar-refractivity contribution >= 4 is 10.0 Å². The van der Waals surface area contributed by atoms with Crippen LogP contribution >= 0.6 is 0 Å². The van der Waals surface area contributed by atoms with Gasteiger partial charge in [0.25, 0.3) is 10.0 Å². The first-order chi connectivity index (χ1) is 9.45. The van der Waals surface area contributed by atoms with Gasteiger partial charge in [-0.15, -0.1) is 0 Å². The van der Waals surface area contributed by atoms with Crippen LogP contribution in [0.25, 0.3) is 0 Å². The van der Waals surface area contributed by atoms with Crippen molar-refractivity contribution in [2.75, 3.05) is 26.8 Å². The Morgan fingerprint density at radius 3 is 2.75 bits per heavy atom. The number of hydrogen-bond donors (Lipinski definition) is 2. The summed E-state index contributed by atoms with van der Waals surface area (Å²) in [7, 11) is -2.04. The first kappa shape index (κ1) is 17.1. The smallest absolute Gasteiger partial charge is 0.260 e. The Kier molecular flexibility index (Phi) is 6.60. The predicted octanol–water partition coefficient (Wildman–Crippen LogP) is 0.565. The van der Waals surface area contributed by atoms with Crippen molar-refractivity contribution in [2.24, 2.45) is 0 Å². The number of sulfonamides is 1. The number of nitrogens with one attached hydrogen (secondary N) is 2. The van der Waals surface area contributed by atoms with E-state index in [2.05, 4.69) is 15.5 Å². The molecule has 1 aromatic rings. The minimum absolute atomic E-state index is 0.148. The number of methoxy groups -OCH3 is 1. The Bertz CT molecular complexity index is 499. The van der Waals surface area contributed by atoms with E-state index < -0.39 is 10.0 Å². The average molecular weight is 304 g/mol. The highest BCUT2D eigenvalue weighted by atomic mass is 32.2. The van der Waals surface area contributed by atoms with Crippen LogP contribution in [0, 0.1) is 0 Å². The molecule has 8 heteroatoms. The number of aromatic nitrogens is 2. The lowest BCUT2D eigenvalue weighted by molar-refractivity contribution is 0.170. The molecule has 1 rings (SSSR count). The molecule has 0 aliphatic rings. The van der Waals surface area contributed by atoms with Crippen LogP contribution in [0.15, 0.2) is 11.2 Å². The van der Waals surface area contributed by atoms with E-state index in [0.29, 0.717) is 25.3 Å². The summed E-state index contributed by atoms with van der Waals surface area (Å²) < 4.78 is 31.8. The quantitative estimate of drug-likeness (QED) is 0.696. The van der Waals surface area contributed by atoms with Crippen LogP contribution in [0.5, 0.6) is 0 Å². The van der Waals surface area contributed by atoms with Gasteiger partial charge in [0, 0.05) is 31.8 Å². The topological polar surface area (TPSA) is 87.3 Å². The van der Waals surface area contributed by atoms with Crippen LogP contribution in [0.3, 0.4) is 0 Å². The van der Waals surface area contributed by atoms with Gasteiger partial charge in [0.15, 0.2) is 5.03 Å². The van der Waals surface area contributed by atoms with Crippen LogP contribution in [0.2, 0.25) is 0 Å². The Hall–Kier alpha value is -0.960. The van der Waals surface area contributed by atoms with Gasteiger partial charge in [0.2, 0.25) is 0 Å². The van der Waals surface area contributed by atoms with Crippen LogP contribution in [0.4, 0.5) is 0 Å². The molecular formula is C12H24N4O3S. The lowest BCUT2D eigenvalue weighted by atomic mass is 10.3. The summed E-state index contributed by atoms with van der Waals surface area (Å²) >= 11 is 0. The Morgan fingerprint density at radius 1 is 1.50 bits per heavy atom. The lowest BCUT2D eigenvalue weighted by Gasteiger charge is -2.25. The van der Waals surface area contributed by atoms with E-state index in [1.165, 1.54) is 4.31 Å². The average Bonchev–Trinajstić information content (AvgIpc) is 2.85. The Balaban J connectivity index is 3.03. The molecule has 0 saturated heterocycles. The summed E-state index contributed by atoms with van der Waals surface area (Å²) in [5.74, 6) is 0. The fraction of sp³-hybridized carbons (Fsp3) is 0.750. The largest absolute Gasteiger partial charge is 0.383 e. The Morgan fingerprint density at radius 2 is 2.20 bits per heavy atom. The SMILES string of the molecule is CCNCc1cn[nH]c1S(=O)(=O)N(CCOC)C(C)C. The van der Waals surface area contributed by atoms with Gasteiger partial charge >= 0.3 is 0 Å². The number of H-pyrrole nitrogens is 1. The molecule has 0 fully saturated rings. The van der Waals surface area contributed by atoms with Gasteiger partial charge in [-0.25, -0.2) is 8.42 Å². The molecule has 0 spiro atoms. The second-order valence-corrected chi connectivity index (χ2v) is 6.53. The van der Waals surface area contributed by atoms with E-state index in [0.717, 1.165) is 6.54 Å². The third kappa shape index (κ3) is 4.02. The zero-order valence-electron chi connectivity index (χ0n) is 12.5. The molecule has 20 heavy (non-hydrogen) atoms. The summed E-state index contributed by atoms with van der Waals surface area (Å²) in [4.78, 5) is 0. The second kappa shape index (κ2) is 7.72. The summed E-state index contributed by atoms with van der Waals surface area (Å²) in [6, 6.07) is -0.148. The van der Waals surface area contributed by atoms with Gasteiger partial charge in [0.05, 0.1) is 12.8 Å². The van der Waals surface area contributed by atoms with Crippen molar-refractivity contribution in [2.45, 2.75) is 38.4 Å². The zero-order chi connectivity index (χ0) is 15.2. The minimum Gasteiger partial charge on any atom is -0.383 e. The number of ether oxygens (including phenoxy) is 1. The van der Waals surface area contributed by atoms with E-state index in [9.17, 15) is 8.42 Å². The molecule has 0 unspecified atom stereocenters. The monoisotopic (exact) mass is 304 g/mol. The van der Waals surface area contributed by atoms with Crippen molar-refractivity contribution in [1.29, 1.82) is 0 Å². The van der Waals surface area contributed by atoms with E-state index in [1.807, 2.05) is 20.8 Å². The highest BCUT2D eigenvalue weighted by Gasteiger charge is 2.30. The molecule has 7 nitrogen and oxygen atoms in total. The number of aromatic amines is 1. The predicted molar refractivity (Wildman–Crippen MR) is 76.9 cm³/mol. The lowest BCUT2D eigenvalue weighted by Crippen LogP contribution is -2.39. The summed E-state index contributed by atoms with van der Waals surface area (Å²) in [5, 5.41) is 9.73. The normalized spacial score (nSPS) is 12.5. The van der Waals surface area contributed by atoms with Crippen molar-refractivity contribution in [3.8, 4) is 0 Å². The molecule has 0 aromatic carbocycles. The second-order valence-electron chi connectivity index (χ2n) is 4.71. The fourth-order valence-corrected chi connectivity index (χ4v) is 3.59. The standard InChI is InChI=1S/C12H24N4O3S/c1-5-13-8-11-9-14-15-12(11)20(17,18)16(10(2)3)6-7-19-4/h9-10,13H,5-8H2,1-4H3,(H,14,15). The van der Waals surface area contributed by atoms with Crippen LogP contribution in [-0.4, -0.2) is 55.8 Å². The maximum atomic E-state index is 12.7. The van der Waals surface area contributed by atoms with Crippen LogP contribution < -0.4 is 5.32 Å². The first-order valence-corrected chi connectivity index (χ1v) is 8.12. The summed E-state index contributed by atoms with van der Waals surface area (Å²) in [6.07, 6.45) is 1.55. The maximum Gasteiger partial charge on any atom is 0.260 e. The molecular weight excluding hydrogens is 280 g/mol. The third-order valence-electron chi connectivity index (χ3n) is 2.90. The molecule has 0 atom stereocenters. The molecule has 1 aromatic heterocycles. The molecule has 2 N–H and O–H groups in total. The Labute approximate surface area is 120 Å². The molecule has 0 aliphatic carbocycles. The van der Waals surface area contributed by atoms with Crippen molar-refractivity contribution < 1.29 is 13.2 Å². The summed E-state index contributed by atoms with van der Waals surface area (Å²) in [6.45, 7) is 7.55. The van der Waals surface area contributed by atoms with Gasteiger partial charge in [-0.1, -0.05) is 6.92 Å². The van der Waals surface area contributed by atoms with Gasteiger partial charge in [-0.3, -0.25) is 5.10 Å². The number of hydrogen-bond acceptors (Lipinski definition) is 5. The van der Waals surface area contributed by atoms with E-state index >= 15 is 0 Å². The molecule has 116 valence electrons. The van der Waals surface area contributed by atoms with Crippen molar-refractivity contribution in [1.82, 2.24) is 19.8 Å². The molecule has 0 amide bonds. The van der Waals surface area contributed by atoms with Crippen molar-refractivity contribution in [3.63, 3.8) is 0 Å². The summed E-state index contributed by atoms with van der Waals surface area (Å²) in [5.41, 5.74) is 0.648. The molecule has 0 saturated carbocycles. The van der Waals surface area contributed by atoms with E-state index in [4.69, 9.17) is 4.74 Å². The molecule has 0 bridgehead atoms. The fourth-order valence-electron chi connectivity index (χ4n) is 1.86. The van der Waals surface area contributed by atoms with E-state index in [1.54, 1.807) is 13.3 Å². The minimum atomic E-state index is -3.60. The maximum absolute atomic E-state index is 12.7. The first-order valence-electron chi connectivity index (χ1n) is 6.68. The van der Waals surface area contributed by atoms with Gasteiger partial charge in [0.1, 0.15) is 0 Å². The van der Waals surface area contributed by atoms with Gasteiger partial charge in [-0.05, 0) is 20.4 Å². The highest BCUT2D eigenvalue weighted by molar-refractivity contribution is 7.89. The number of nitrogens with zero attached hydrogens (tertiary/aromatic N) is 2. The van der Waals surface area contributed by atoms with E-state index in [-0.39, 0.29) is 11.1 Å². The van der Waals surface area contributed by atoms with Crippen molar-refractivity contribution in [3.05, 3.63) is 11.8 Å². The van der Waals surface area contributed by atoms with Gasteiger partial charge < -0.3 is 10.1 Å². The highest BCUT2D eigenvalue weighted by Crippen LogP contribution is 2.19. The van der Waals surface area contributed by atoms with Crippen LogP contribution in [-0.2, 0) is 21.3 Å². The third-order valence-corrected chi connectivity index (χ3v) is 4.99. The molecule has 0 aliphatic heterocycles. The number of rotatable bonds is 9. The molecule has 1 heterocycles. The van der Waals surface area contributed by atoms with Crippen LogP contribution in [0.1, 0.15) is 26.3 Å². The van der Waals surface area contributed by atoms with Gasteiger partial charge in [-0.2, -0.15) is 9.40 Å². The molecule has 0 radical (unpaired) electrons. The zero-order valence-corrected chi connectivity index (χ0v) is 13.3.